The monoisotopic (exact) mass is 293 g/mol. The van der Waals surface area contributed by atoms with Gasteiger partial charge in [-0.25, -0.2) is 0 Å². The van der Waals surface area contributed by atoms with Gasteiger partial charge < -0.3 is 24.2 Å². The predicted molar refractivity (Wildman–Crippen MR) is 78.6 cm³/mol. The molecule has 2 unspecified atom stereocenters. The molecule has 21 heavy (non-hydrogen) atoms. The van der Waals surface area contributed by atoms with Crippen molar-refractivity contribution in [2.45, 2.75) is 18.9 Å². The fourth-order valence-corrected chi connectivity index (χ4v) is 2.99. The molecule has 0 saturated carbocycles. The largest absolute Gasteiger partial charge is 0.454 e. The van der Waals surface area contributed by atoms with Crippen molar-refractivity contribution in [2.75, 3.05) is 40.1 Å². The molecule has 1 aromatic carbocycles. The zero-order chi connectivity index (χ0) is 14.7. The first-order chi connectivity index (χ1) is 10.2. The average Bonchev–Trinajstić information content (AvgIpc) is 2.95. The maximum Gasteiger partial charge on any atom is 0.231 e. The second-order valence-electron chi connectivity index (χ2n) is 5.93. The van der Waals surface area contributed by atoms with E-state index in [2.05, 4.69) is 4.90 Å². The number of aliphatic hydroxyl groups is 1. The molecule has 116 valence electrons. The minimum Gasteiger partial charge on any atom is -0.454 e. The van der Waals surface area contributed by atoms with Crippen LogP contribution >= 0.6 is 0 Å². The lowest BCUT2D eigenvalue weighted by molar-refractivity contribution is 0.0342. The molecule has 2 atom stereocenters. The lowest BCUT2D eigenvalue weighted by Crippen LogP contribution is -2.33. The number of aliphatic hydroxyl groups excluding tert-OH is 1. The van der Waals surface area contributed by atoms with Gasteiger partial charge in [-0.3, -0.25) is 0 Å². The maximum atomic E-state index is 10.4. The van der Waals surface area contributed by atoms with E-state index in [1.54, 1.807) is 0 Å². The molecule has 2 aliphatic heterocycles. The van der Waals surface area contributed by atoms with Crippen LogP contribution in [0.25, 0.3) is 0 Å². The number of likely N-dealkylation sites (N-methyl/N-ethyl adjacent to an activating group) is 1. The number of hydrogen-bond donors (Lipinski definition) is 1. The van der Waals surface area contributed by atoms with Crippen LogP contribution in [0.15, 0.2) is 18.2 Å². The van der Waals surface area contributed by atoms with Crippen LogP contribution in [-0.4, -0.2) is 50.2 Å². The van der Waals surface area contributed by atoms with Gasteiger partial charge in [-0.2, -0.15) is 0 Å². The molecule has 5 heteroatoms. The van der Waals surface area contributed by atoms with E-state index >= 15 is 0 Å². The van der Waals surface area contributed by atoms with Crippen molar-refractivity contribution in [3.05, 3.63) is 23.8 Å². The molecule has 1 aromatic rings. The summed E-state index contributed by atoms with van der Waals surface area (Å²) in [6.45, 7) is 3.55. The molecule has 0 aliphatic carbocycles. The molecule has 1 N–H and O–H groups in total. The quantitative estimate of drug-likeness (QED) is 0.897. The van der Waals surface area contributed by atoms with E-state index in [9.17, 15) is 5.11 Å². The second kappa shape index (κ2) is 6.64. The summed E-state index contributed by atoms with van der Waals surface area (Å²) in [5.74, 6) is 2.04. The molecule has 0 bridgehead atoms. The third-order valence-corrected chi connectivity index (χ3v) is 4.09. The Hall–Kier alpha value is -1.30. The van der Waals surface area contributed by atoms with E-state index in [1.165, 1.54) is 6.42 Å². The summed E-state index contributed by atoms with van der Waals surface area (Å²) in [5, 5.41) is 10.4. The molecule has 2 heterocycles. The summed E-state index contributed by atoms with van der Waals surface area (Å²) in [6.07, 6.45) is 1.84. The van der Waals surface area contributed by atoms with Crippen molar-refractivity contribution in [3.63, 3.8) is 0 Å². The Labute approximate surface area is 125 Å². The number of nitrogens with zero attached hydrogens (tertiary/aromatic N) is 1. The van der Waals surface area contributed by atoms with Crippen LogP contribution in [0.1, 0.15) is 24.5 Å². The summed E-state index contributed by atoms with van der Waals surface area (Å²) in [4.78, 5) is 2.18. The van der Waals surface area contributed by atoms with Crippen LogP contribution in [0.2, 0.25) is 0 Å². The summed E-state index contributed by atoms with van der Waals surface area (Å²) < 4.78 is 16.1. The van der Waals surface area contributed by atoms with E-state index in [1.807, 2.05) is 25.2 Å². The van der Waals surface area contributed by atoms with Crippen LogP contribution < -0.4 is 9.47 Å². The van der Waals surface area contributed by atoms with Crippen molar-refractivity contribution < 1.29 is 19.3 Å². The fraction of sp³-hybridized carbons (Fsp3) is 0.625. The van der Waals surface area contributed by atoms with Gasteiger partial charge in [0, 0.05) is 19.7 Å². The van der Waals surface area contributed by atoms with Gasteiger partial charge in [-0.05, 0) is 43.5 Å². The Morgan fingerprint density at radius 1 is 1.33 bits per heavy atom. The Balaban J connectivity index is 1.54. The minimum absolute atomic E-state index is 0.260. The van der Waals surface area contributed by atoms with Crippen LogP contribution in [0, 0.1) is 5.92 Å². The molecule has 1 fully saturated rings. The summed E-state index contributed by atoms with van der Waals surface area (Å²) in [7, 11) is 2.05. The van der Waals surface area contributed by atoms with Gasteiger partial charge >= 0.3 is 0 Å². The Morgan fingerprint density at radius 2 is 2.19 bits per heavy atom. The third kappa shape index (κ3) is 3.67. The number of benzene rings is 1. The second-order valence-corrected chi connectivity index (χ2v) is 5.93. The molecule has 0 spiro atoms. The minimum atomic E-state index is -0.519. The normalized spacial score (nSPS) is 22.5. The van der Waals surface area contributed by atoms with Gasteiger partial charge in [0.05, 0.1) is 12.7 Å². The summed E-state index contributed by atoms with van der Waals surface area (Å²) in [5.41, 5.74) is 0.867. The molecule has 0 amide bonds. The van der Waals surface area contributed by atoms with Gasteiger partial charge in [-0.15, -0.1) is 0 Å². The SMILES string of the molecule is CN(CC1CCCOC1)CC(O)c1ccc2c(c1)OCO2. The fourth-order valence-electron chi connectivity index (χ4n) is 2.99. The van der Waals surface area contributed by atoms with Crippen LogP contribution in [-0.2, 0) is 4.74 Å². The maximum absolute atomic E-state index is 10.4. The molecular formula is C16H23NO4. The first-order valence-electron chi connectivity index (χ1n) is 7.56. The summed E-state index contributed by atoms with van der Waals surface area (Å²) in [6, 6.07) is 5.62. The van der Waals surface area contributed by atoms with Crippen molar-refractivity contribution in [3.8, 4) is 11.5 Å². The Bertz CT molecular complexity index is 473. The van der Waals surface area contributed by atoms with Gasteiger partial charge in [0.15, 0.2) is 11.5 Å². The van der Waals surface area contributed by atoms with Crippen molar-refractivity contribution in [1.82, 2.24) is 4.90 Å². The topological polar surface area (TPSA) is 51.2 Å². The van der Waals surface area contributed by atoms with Crippen molar-refractivity contribution in [1.29, 1.82) is 0 Å². The Kier molecular flexibility index (Phi) is 4.63. The van der Waals surface area contributed by atoms with E-state index in [0.717, 1.165) is 43.2 Å². The smallest absolute Gasteiger partial charge is 0.231 e. The number of rotatable bonds is 5. The van der Waals surface area contributed by atoms with E-state index in [4.69, 9.17) is 14.2 Å². The third-order valence-electron chi connectivity index (χ3n) is 4.09. The standard InChI is InChI=1S/C16H23NO4/c1-17(8-12-3-2-6-19-10-12)9-14(18)13-4-5-15-16(7-13)21-11-20-15/h4-5,7,12,14,18H,2-3,6,8-11H2,1H3. The molecule has 5 nitrogen and oxygen atoms in total. The van der Waals surface area contributed by atoms with Gasteiger partial charge in [-0.1, -0.05) is 6.07 Å². The first-order valence-corrected chi connectivity index (χ1v) is 7.56. The highest BCUT2D eigenvalue weighted by Crippen LogP contribution is 2.34. The van der Waals surface area contributed by atoms with Crippen molar-refractivity contribution >= 4 is 0 Å². The highest BCUT2D eigenvalue weighted by Gasteiger charge is 2.20. The van der Waals surface area contributed by atoms with Gasteiger partial charge in [0.25, 0.3) is 0 Å². The highest BCUT2D eigenvalue weighted by molar-refractivity contribution is 5.45. The van der Waals surface area contributed by atoms with Crippen LogP contribution in [0.5, 0.6) is 11.5 Å². The van der Waals surface area contributed by atoms with E-state index in [0.29, 0.717) is 12.5 Å². The Morgan fingerprint density at radius 3 is 3.00 bits per heavy atom. The lowest BCUT2D eigenvalue weighted by atomic mass is 10.0. The van der Waals surface area contributed by atoms with Gasteiger partial charge in [0.1, 0.15) is 0 Å². The number of ether oxygens (including phenoxy) is 3. The number of hydrogen-bond acceptors (Lipinski definition) is 5. The number of fused-ring (bicyclic) bond motifs is 1. The van der Waals surface area contributed by atoms with Crippen LogP contribution in [0.4, 0.5) is 0 Å². The average molecular weight is 293 g/mol. The molecular weight excluding hydrogens is 270 g/mol. The predicted octanol–water partition coefficient (Wildman–Crippen LogP) is 1.81. The highest BCUT2D eigenvalue weighted by atomic mass is 16.7. The molecule has 1 saturated heterocycles. The van der Waals surface area contributed by atoms with Gasteiger partial charge in [0.2, 0.25) is 6.79 Å². The van der Waals surface area contributed by atoms with Crippen molar-refractivity contribution in [2.24, 2.45) is 5.92 Å². The zero-order valence-electron chi connectivity index (χ0n) is 12.5. The lowest BCUT2D eigenvalue weighted by Gasteiger charge is -2.28. The molecule has 3 rings (SSSR count). The molecule has 0 radical (unpaired) electrons. The van der Waals surface area contributed by atoms with E-state index in [-0.39, 0.29) is 6.79 Å². The first kappa shape index (κ1) is 14.6. The molecule has 2 aliphatic rings. The summed E-state index contributed by atoms with van der Waals surface area (Å²) >= 11 is 0. The molecule has 0 aromatic heterocycles. The zero-order valence-corrected chi connectivity index (χ0v) is 12.5. The van der Waals surface area contributed by atoms with Crippen LogP contribution in [0.3, 0.4) is 0 Å². The van der Waals surface area contributed by atoms with E-state index < -0.39 is 6.10 Å².